The maximum Gasteiger partial charge on any atom is 0.316 e. The minimum Gasteiger partial charge on any atom is -0.492 e. The van der Waals surface area contributed by atoms with Crippen molar-refractivity contribution in [2.45, 2.75) is 112 Å². The number of ether oxygens (including phenoxy) is 5. The van der Waals surface area contributed by atoms with Crippen LogP contribution in [0.5, 0.6) is 17.2 Å². The standard InChI is InChI=1S/C34H48O7/c1-20-11-13-27-18-30(32(37-10)25(6)31(27)38-26(7)35)39-33(36)24(5)29-19-28(40-34(8,9)41-29)14-12-21(2)16-23(4)17-22(3)15-20/h16,18,20-22,24,28-29H,12,14-15,17,19H2,1-10H3/b23-16+/t20-,21+,22+,24-,28-,29+/m1/s1. The molecule has 41 heavy (non-hydrogen) atoms. The van der Waals surface area contributed by atoms with Crippen LogP contribution in [0.1, 0.15) is 98.6 Å². The SMILES string of the molecule is COc1c2cc(c(OC(C)=O)c1C)C#C[C@@H](C)C[C@H](C)C/C(C)=C/[C@@H](C)CC[C@@H]1C[C@H](OC(C)(C)O1)[C@@H](C)C(=O)O2. The maximum atomic E-state index is 13.5. The van der Waals surface area contributed by atoms with Crippen LogP contribution in [0.4, 0.5) is 0 Å². The molecule has 1 aromatic carbocycles. The Labute approximate surface area is 246 Å². The first-order chi connectivity index (χ1) is 19.2. The highest BCUT2D eigenvalue weighted by Gasteiger charge is 2.40. The number of benzene rings is 1. The molecule has 0 aromatic heterocycles. The van der Waals surface area contributed by atoms with Crippen LogP contribution < -0.4 is 14.2 Å². The van der Waals surface area contributed by atoms with Crippen molar-refractivity contribution in [1.82, 2.24) is 0 Å². The molecule has 2 aliphatic rings. The third-order valence-electron chi connectivity index (χ3n) is 7.79. The lowest BCUT2D eigenvalue weighted by atomic mass is 9.89. The molecule has 0 aliphatic carbocycles. The lowest BCUT2D eigenvalue weighted by molar-refractivity contribution is -0.307. The Bertz CT molecular complexity index is 1200. The molecule has 0 N–H and O–H groups in total. The molecule has 0 amide bonds. The number of carbonyl (C=O) groups excluding carboxylic acids is 2. The van der Waals surface area contributed by atoms with Gasteiger partial charge in [-0.15, -0.1) is 0 Å². The molecule has 7 heteroatoms. The summed E-state index contributed by atoms with van der Waals surface area (Å²) in [5.41, 5.74) is 2.39. The van der Waals surface area contributed by atoms with Gasteiger partial charge >= 0.3 is 11.9 Å². The predicted molar refractivity (Wildman–Crippen MR) is 159 cm³/mol. The molecule has 0 spiro atoms. The van der Waals surface area contributed by atoms with Crippen molar-refractivity contribution in [3.8, 4) is 29.1 Å². The van der Waals surface area contributed by atoms with Crippen LogP contribution in [-0.4, -0.2) is 37.0 Å². The lowest BCUT2D eigenvalue weighted by Gasteiger charge is -2.42. The van der Waals surface area contributed by atoms with Gasteiger partial charge in [0, 0.05) is 30.9 Å². The van der Waals surface area contributed by atoms with Crippen LogP contribution in [0.25, 0.3) is 0 Å². The summed E-state index contributed by atoms with van der Waals surface area (Å²) in [5.74, 6) is 6.09. The number of allylic oxidation sites excluding steroid dienone is 2. The first kappa shape index (κ1) is 32.7. The fourth-order valence-corrected chi connectivity index (χ4v) is 6.02. The van der Waals surface area contributed by atoms with Crippen molar-refractivity contribution < 1.29 is 33.3 Å². The summed E-state index contributed by atoms with van der Waals surface area (Å²) in [6.45, 7) is 17.5. The second kappa shape index (κ2) is 13.9. The van der Waals surface area contributed by atoms with Gasteiger partial charge in [0.15, 0.2) is 23.0 Å². The highest BCUT2D eigenvalue weighted by atomic mass is 16.7. The first-order valence-corrected chi connectivity index (χ1v) is 14.8. The Morgan fingerprint density at radius 1 is 1.05 bits per heavy atom. The normalized spacial score (nSPS) is 30.5. The Hall–Kier alpha value is -2.82. The Kier molecular flexibility index (Phi) is 11.1. The quantitative estimate of drug-likeness (QED) is 0.162. The molecular formula is C34H48O7. The van der Waals surface area contributed by atoms with E-state index in [0.717, 1.165) is 25.7 Å². The largest absolute Gasteiger partial charge is 0.492 e. The van der Waals surface area contributed by atoms with Crippen molar-refractivity contribution in [1.29, 1.82) is 0 Å². The Morgan fingerprint density at radius 2 is 1.76 bits per heavy atom. The minimum absolute atomic E-state index is 0.0257. The number of rotatable bonds is 2. The topological polar surface area (TPSA) is 80.3 Å². The molecule has 2 aliphatic heterocycles. The molecule has 3 rings (SSSR count). The maximum absolute atomic E-state index is 13.5. The molecule has 7 nitrogen and oxygen atoms in total. The molecule has 2 heterocycles. The monoisotopic (exact) mass is 568 g/mol. The van der Waals surface area contributed by atoms with Crippen LogP contribution in [0.2, 0.25) is 0 Å². The summed E-state index contributed by atoms with van der Waals surface area (Å²) in [5, 5.41) is 0. The molecular weight excluding hydrogens is 520 g/mol. The molecule has 0 saturated carbocycles. The summed E-state index contributed by atoms with van der Waals surface area (Å²) in [6, 6.07) is 1.63. The smallest absolute Gasteiger partial charge is 0.316 e. The van der Waals surface area contributed by atoms with E-state index >= 15 is 0 Å². The molecule has 4 bridgehead atoms. The predicted octanol–water partition coefficient (Wildman–Crippen LogP) is 7.16. The summed E-state index contributed by atoms with van der Waals surface area (Å²) in [6.07, 6.45) is 6.39. The number of hydrogen-bond donors (Lipinski definition) is 0. The second-order valence-electron chi connectivity index (χ2n) is 12.5. The second-order valence-corrected chi connectivity index (χ2v) is 12.5. The van der Waals surface area contributed by atoms with Crippen molar-refractivity contribution in [3.63, 3.8) is 0 Å². The Balaban J connectivity index is 2.07. The molecule has 0 radical (unpaired) electrons. The summed E-state index contributed by atoms with van der Waals surface area (Å²) < 4.78 is 29.6. The van der Waals surface area contributed by atoms with E-state index < -0.39 is 23.6 Å². The van der Waals surface area contributed by atoms with Crippen LogP contribution >= 0.6 is 0 Å². The van der Waals surface area contributed by atoms with Crippen LogP contribution in [0.3, 0.4) is 0 Å². The summed E-state index contributed by atoms with van der Waals surface area (Å²) in [7, 11) is 1.49. The lowest BCUT2D eigenvalue weighted by Crippen LogP contribution is -2.48. The highest BCUT2D eigenvalue weighted by molar-refractivity contribution is 5.78. The number of methoxy groups -OCH3 is 1. The molecule has 1 aromatic rings. The Morgan fingerprint density at radius 3 is 2.41 bits per heavy atom. The van der Waals surface area contributed by atoms with Crippen molar-refractivity contribution in [3.05, 3.63) is 28.8 Å². The number of carbonyl (C=O) groups is 2. The fraction of sp³-hybridized carbons (Fsp3) is 0.647. The van der Waals surface area contributed by atoms with Gasteiger partial charge in [-0.3, -0.25) is 9.59 Å². The summed E-state index contributed by atoms with van der Waals surface area (Å²) in [4.78, 5) is 25.5. The molecule has 6 atom stereocenters. The van der Waals surface area contributed by atoms with E-state index in [1.54, 1.807) is 13.0 Å². The number of fused-ring (bicyclic) bond motifs is 4. The van der Waals surface area contributed by atoms with Crippen molar-refractivity contribution >= 4 is 11.9 Å². The molecule has 1 saturated heterocycles. The molecule has 0 unspecified atom stereocenters. The van der Waals surface area contributed by atoms with E-state index in [-0.39, 0.29) is 23.9 Å². The van der Waals surface area contributed by atoms with Gasteiger partial charge in [-0.1, -0.05) is 44.3 Å². The fourth-order valence-electron chi connectivity index (χ4n) is 6.02. The third kappa shape index (κ3) is 9.08. The van der Waals surface area contributed by atoms with E-state index in [1.165, 1.54) is 19.6 Å². The van der Waals surface area contributed by atoms with Gasteiger partial charge in [-0.25, -0.2) is 0 Å². The minimum atomic E-state index is -0.817. The van der Waals surface area contributed by atoms with Gasteiger partial charge in [-0.2, -0.15) is 0 Å². The van der Waals surface area contributed by atoms with E-state index in [1.807, 2.05) is 20.8 Å². The van der Waals surface area contributed by atoms with Gasteiger partial charge in [0.1, 0.15) is 0 Å². The number of esters is 2. The zero-order valence-electron chi connectivity index (χ0n) is 26.5. The van der Waals surface area contributed by atoms with E-state index in [9.17, 15) is 9.59 Å². The van der Waals surface area contributed by atoms with Gasteiger partial charge in [0.25, 0.3) is 0 Å². The average Bonchev–Trinajstić information content (AvgIpc) is 2.85. The third-order valence-corrected chi connectivity index (χ3v) is 7.79. The van der Waals surface area contributed by atoms with E-state index in [0.29, 0.717) is 40.9 Å². The zero-order valence-corrected chi connectivity index (χ0v) is 26.5. The van der Waals surface area contributed by atoms with Gasteiger partial charge in [-0.05, 0) is 72.1 Å². The van der Waals surface area contributed by atoms with Crippen molar-refractivity contribution in [2.75, 3.05) is 7.11 Å². The van der Waals surface area contributed by atoms with Gasteiger partial charge < -0.3 is 23.7 Å². The number of hydrogen-bond acceptors (Lipinski definition) is 7. The highest BCUT2D eigenvalue weighted by Crippen LogP contribution is 2.41. The zero-order chi connectivity index (χ0) is 30.5. The van der Waals surface area contributed by atoms with Gasteiger partial charge in [0.2, 0.25) is 0 Å². The average molecular weight is 569 g/mol. The van der Waals surface area contributed by atoms with E-state index in [4.69, 9.17) is 23.7 Å². The first-order valence-electron chi connectivity index (χ1n) is 14.8. The summed E-state index contributed by atoms with van der Waals surface area (Å²) >= 11 is 0. The van der Waals surface area contributed by atoms with Crippen LogP contribution in [0, 0.1) is 42.4 Å². The molecule has 1 fully saturated rings. The van der Waals surface area contributed by atoms with Crippen LogP contribution in [-0.2, 0) is 19.1 Å². The van der Waals surface area contributed by atoms with Gasteiger partial charge in [0.05, 0.1) is 30.8 Å². The molecule has 226 valence electrons. The van der Waals surface area contributed by atoms with Crippen molar-refractivity contribution in [2.24, 2.45) is 23.7 Å². The van der Waals surface area contributed by atoms with E-state index in [2.05, 4.69) is 45.6 Å². The van der Waals surface area contributed by atoms with Crippen LogP contribution in [0.15, 0.2) is 17.7 Å².